The van der Waals surface area contributed by atoms with Crippen molar-refractivity contribution < 1.29 is 20.1 Å². The zero-order valence-corrected chi connectivity index (χ0v) is 14.6. The van der Waals surface area contributed by atoms with Gasteiger partial charge in [0.05, 0.1) is 12.0 Å². The summed E-state index contributed by atoms with van der Waals surface area (Å²) in [4.78, 5) is 11.5. The minimum atomic E-state index is -1.08. The van der Waals surface area contributed by atoms with Crippen LogP contribution in [0.1, 0.15) is 42.7 Å². The molecule has 1 fully saturated rings. The predicted molar refractivity (Wildman–Crippen MR) is 96.8 cm³/mol. The molecule has 1 aliphatic carbocycles. The summed E-state index contributed by atoms with van der Waals surface area (Å²) in [6.07, 6.45) is 3.80. The summed E-state index contributed by atoms with van der Waals surface area (Å²) in [5, 5.41) is 34.2. The zero-order chi connectivity index (χ0) is 18.5. The molecule has 3 N–H and O–H groups in total. The second-order valence-corrected chi connectivity index (χ2v) is 7.02. The summed E-state index contributed by atoms with van der Waals surface area (Å²) in [5.74, 6) is -0.672. The molecule has 0 amide bonds. The molecule has 26 heavy (non-hydrogen) atoms. The first-order valence-corrected chi connectivity index (χ1v) is 9.05. The molecule has 2 aromatic rings. The number of carboxylic acids is 1. The number of benzene rings is 2. The Morgan fingerprint density at radius 1 is 1.08 bits per heavy atom. The van der Waals surface area contributed by atoms with Crippen LogP contribution in [-0.4, -0.2) is 28.3 Å². The van der Waals surface area contributed by atoms with E-state index in [0.29, 0.717) is 6.42 Å². The maximum atomic E-state index is 11.5. The first-order chi connectivity index (χ1) is 12.5. The first kappa shape index (κ1) is 18.3. The molecule has 5 nitrogen and oxygen atoms in total. The molecule has 1 unspecified atom stereocenters. The molecule has 0 aromatic heterocycles. The van der Waals surface area contributed by atoms with Crippen molar-refractivity contribution in [3.63, 3.8) is 0 Å². The van der Waals surface area contributed by atoms with Gasteiger partial charge in [0.1, 0.15) is 11.5 Å². The smallest absolute Gasteiger partial charge is 0.122 e. The number of carbonyl (C=O) groups excluding carboxylic acids is 1. The third kappa shape index (κ3) is 4.55. The fraction of sp³-hybridized carbons (Fsp3) is 0.381. The van der Waals surface area contributed by atoms with Crippen molar-refractivity contribution in [2.24, 2.45) is 0 Å². The molecule has 0 saturated heterocycles. The fourth-order valence-corrected chi connectivity index (χ4v) is 3.79. The second-order valence-electron chi connectivity index (χ2n) is 7.02. The van der Waals surface area contributed by atoms with Crippen LogP contribution in [0.25, 0.3) is 0 Å². The van der Waals surface area contributed by atoms with Gasteiger partial charge < -0.3 is 25.4 Å². The minimum absolute atomic E-state index is 0.0549. The lowest BCUT2D eigenvalue weighted by atomic mass is 9.81. The van der Waals surface area contributed by atoms with E-state index in [4.69, 9.17) is 0 Å². The van der Waals surface area contributed by atoms with E-state index in [-0.39, 0.29) is 23.5 Å². The van der Waals surface area contributed by atoms with Crippen molar-refractivity contribution in [1.29, 1.82) is 0 Å². The highest BCUT2D eigenvalue weighted by molar-refractivity contribution is 5.71. The number of nitrogens with one attached hydrogen (secondary N) is 1. The number of rotatable bonds is 6. The number of hydrogen-bond donors (Lipinski definition) is 3. The molecule has 0 heterocycles. The number of carbonyl (C=O) groups is 1. The van der Waals surface area contributed by atoms with Crippen LogP contribution in [0.2, 0.25) is 0 Å². The van der Waals surface area contributed by atoms with Crippen LogP contribution in [0, 0.1) is 0 Å². The average Bonchev–Trinajstić information content (AvgIpc) is 2.63. The first-order valence-electron chi connectivity index (χ1n) is 9.05. The van der Waals surface area contributed by atoms with E-state index in [9.17, 15) is 20.1 Å². The van der Waals surface area contributed by atoms with E-state index < -0.39 is 12.0 Å². The largest absolute Gasteiger partial charge is 0.548 e. The molecular weight excluding hydrogens is 330 g/mol. The Morgan fingerprint density at radius 2 is 1.77 bits per heavy atom. The van der Waals surface area contributed by atoms with E-state index >= 15 is 0 Å². The molecule has 0 radical (unpaired) electrons. The summed E-state index contributed by atoms with van der Waals surface area (Å²) in [6.45, 7) is 0. The quantitative estimate of drug-likeness (QED) is 0.739. The Bertz CT molecular complexity index is 739. The number of aromatic hydroxyl groups is 2. The average molecular weight is 354 g/mol. The normalized spacial score (nSPS) is 21.2. The number of phenols is 2. The van der Waals surface area contributed by atoms with Crippen LogP contribution in [0.5, 0.6) is 11.5 Å². The summed E-state index contributed by atoms with van der Waals surface area (Å²) < 4.78 is 0. The highest BCUT2D eigenvalue weighted by Gasteiger charge is 2.26. The molecule has 1 saturated carbocycles. The van der Waals surface area contributed by atoms with Crippen LogP contribution >= 0.6 is 0 Å². The van der Waals surface area contributed by atoms with Crippen LogP contribution < -0.4 is 10.4 Å². The van der Waals surface area contributed by atoms with Crippen LogP contribution in [0.3, 0.4) is 0 Å². The van der Waals surface area contributed by atoms with Gasteiger partial charge in [0, 0.05) is 12.1 Å². The maximum absolute atomic E-state index is 11.5. The number of phenolic OH excluding ortho intramolecular Hbond substituents is 2. The van der Waals surface area contributed by atoms with Gasteiger partial charge in [-0.05, 0) is 55.2 Å². The molecule has 2 aromatic carbocycles. The van der Waals surface area contributed by atoms with Crippen LogP contribution in [0.15, 0.2) is 48.5 Å². The monoisotopic (exact) mass is 354 g/mol. The van der Waals surface area contributed by atoms with Crippen LogP contribution in [0.4, 0.5) is 0 Å². The minimum Gasteiger partial charge on any atom is -0.548 e. The lowest BCUT2D eigenvalue weighted by Gasteiger charge is -2.33. The Hall–Kier alpha value is -2.53. The van der Waals surface area contributed by atoms with Gasteiger partial charge in [-0.2, -0.15) is 0 Å². The van der Waals surface area contributed by atoms with Crippen molar-refractivity contribution >= 4 is 5.97 Å². The van der Waals surface area contributed by atoms with Gasteiger partial charge in [-0.3, -0.25) is 0 Å². The van der Waals surface area contributed by atoms with Crippen molar-refractivity contribution in [2.45, 2.75) is 50.1 Å². The third-order valence-electron chi connectivity index (χ3n) is 5.19. The van der Waals surface area contributed by atoms with Gasteiger partial charge in [-0.25, -0.2) is 0 Å². The summed E-state index contributed by atoms with van der Waals surface area (Å²) in [5.41, 5.74) is 1.82. The van der Waals surface area contributed by atoms with Crippen LogP contribution in [-0.2, 0) is 11.2 Å². The molecule has 0 aliphatic heterocycles. The molecule has 0 bridgehead atoms. The summed E-state index contributed by atoms with van der Waals surface area (Å²) in [6, 6.07) is 13.7. The van der Waals surface area contributed by atoms with Gasteiger partial charge in [-0.1, -0.05) is 36.4 Å². The van der Waals surface area contributed by atoms with Crippen molar-refractivity contribution in [2.75, 3.05) is 0 Å². The van der Waals surface area contributed by atoms with E-state index in [0.717, 1.165) is 36.8 Å². The Morgan fingerprint density at radius 3 is 2.38 bits per heavy atom. The van der Waals surface area contributed by atoms with E-state index in [1.165, 1.54) is 6.07 Å². The van der Waals surface area contributed by atoms with Gasteiger partial charge in [0.2, 0.25) is 0 Å². The van der Waals surface area contributed by atoms with E-state index in [1.807, 2.05) is 30.3 Å². The maximum Gasteiger partial charge on any atom is 0.122 e. The fourth-order valence-electron chi connectivity index (χ4n) is 3.79. The Kier molecular flexibility index (Phi) is 5.78. The highest BCUT2D eigenvalue weighted by atomic mass is 16.4. The number of carboxylic acid groups (broad SMARTS) is 1. The van der Waals surface area contributed by atoms with Crippen molar-refractivity contribution in [3.05, 3.63) is 59.7 Å². The third-order valence-corrected chi connectivity index (χ3v) is 5.19. The van der Waals surface area contributed by atoms with Gasteiger partial charge in [-0.15, -0.1) is 0 Å². The van der Waals surface area contributed by atoms with Crippen molar-refractivity contribution in [3.8, 4) is 11.5 Å². The Balaban J connectivity index is 1.57. The number of aliphatic carboxylic acids is 1. The Labute approximate surface area is 153 Å². The lowest BCUT2D eigenvalue weighted by molar-refractivity contribution is -0.308. The molecule has 5 heteroatoms. The summed E-state index contributed by atoms with van der Waals surface area (Å²) in [7, 11) is 0. The predicted octanol–water partition coefficient (Wildman–Crippen LogP) is 2.07. The highest BCUT2D eigenvalue weighted by Crippen LogP contribution is 2.38. The van der Waals surface area contributed by atoms with Crippen molar-refractivity contribution in [1.82, 2.24) is 5.32 Å². The molecular formula is C21H24NO4-. The standard InChI is InChI=1S/C21H25NO4/c23-17-10-11-18(20(24)13-17)15-6-8-16(9-7-15)22-19(21(25)26)12-14-4-2-1-3-5-14/h1-5,10-11,13,15-16,19,22-24H,6-9,12H2,(H,25,26)/p-1. The van der Waals surface area contributed by atoms with Gasteiger partial charge in [0.25, 0.3) is 0 Å². The van der Waals surface area contributed by atoms with Gasteiger partial charge in [0.15, 0.2) is 0 Å². The van der Waals surface area contributed by atoms with Gasteiger partial charge >= 0.3 is 0 Å². The summed E-state index contributed by atoms with van der Waals surface area (Å²) >= 11 is 0. The topological polar surface area (TPSA) is 92.6 Å². The number of hydrogen-bond acceptors (Lipinski definition) is 5. The zero-order valence-electron chi connectivity index (χ0n) is 14.6. The SMILES string of the molecule is O=C([O-])C(Cc1ccccc1)NC1CCC(c2ccc(O)cc2O)CC1. The molecule has 3 rings (SSSR count). The lowest BCUT2D eigenvalue weighted by Crippen LogP contribution is -2.51. The molecule has 0 spiro atoms. The van der Waals surface area contributed by atoms with E-state index in [2.05, 4.69) is 5.32 Å². The molecule has 1 atom stereocenters. The molecule has 1 aliphatic rings. The second kappa shape index (κ2) is 8.23. The molecule has 138 valence electrons. The van der Waals surface area contributed by atoms with E-state index in [1.54, 1.807) is 12.1 Å².